The van der Waals surface area contributed by atoms with Crippen molar-refractivity contribution in [3.8, 4) is 5.75 Å². The van der Waals surface area contributed by atoms with Gasteiger partial charge in [-0.1, -0.05) is 31.2 Å². The molecule has 0 spiro atoms. The predicted octanol–water partition coefficient (Wildman–Crippen LogP) is 5.26. The summed E-state index contributed by atoms with van der Waals surface area (Å²) < 4.78 is 89.6. The van der Waals surface area contributed by atoms with Crippen LogP contribution in [-0.4, -0.2) is 56.9 Å². The van der Waals surface area contributed by atoms with E-state index in [9.17, 15) is 46.0 Å². The van der Waals surface area contributed by atoms with Gasteiger partial charge in [0.1, 0.15) is 27.2 Å². The number of amides is 1. The molecule has 0 radical (unpaired) electrons. The molecular weight excluding hydrogens is 599 g/mol. The Balaban J connectivity index is 1.67. The third-order valence-electron chi connectivity index (χ3n) is 6.91. The first-order chi connectivity index (χ1) is 20.4. The molecule has 1 saturated heterocycles. The van der Waals surface area contributed by atoms with Crippen molar-refractivity contribution in [2.24, 2.45) is 0 Å². The molecule has 0 aromatic heterocycles. The van der Waals surface area contributed by atoms with Gasteiger partial charge in [0.15, 0.2) is 23.3 Å². The number of aromatic carboxylic acids is 1. The molecule has 43 heavy (non-hydrogen) atoms. The number of rotatable bonds is 11. The highest BCUT2D eigenvalue weighted by Gasteiger charge is 2.33. The first-order valence-electron chi connectivity index (χ1n) is 13.2. The van der Waals surface area contributed by atoms with Gasteiger partial charge < -0.3 is 19.8 Å². The molecule has 1 aliphatic rings. The van der Waals surface area contributed by atoms with E-state index in [-0.39, 0.29) is 31.1 Å². The van der Waals surface area contributed by atoms with Crippen LogP contribution < -0.4 is 4.90 Å². The Morgan fingerprint density at radius 2 is 1.60 bits per heavy atom. The summed E-state index contributed by atoms with van der Waals surface area (Å²) in [6, 6.07) is 10.6. The van der Waals surface area contributed by atoms with Gasteiger partial charge in [0.05, 0.1) is 19.7 Å². The quantitative estimate of drug-likeness (QED) is 0.171. The first-order valence-corrected chi connectivity index (χ1v) is 14.3. The number of hydrogen-bond acceptors (Lipinski definition) is 5. The van der Waals surface area contributed by atoms with Crippen LogP contribution in [0.25, 0.3) is 0 Å². The van der Waals surface area contributed by atoms with Crippen molar-refractivity contribution < 1.29 is 50.7 Å². The Hall–Kier alpha value is -3.88. The molecule has 14 heteroatoms. The first kappa shape index (κ1) is 32.0. The third kappa shape index (κ3) is 6.86. The van der Waals surface area contributed by atoms with Gasteiger partial charge in [0.2, 0.25) is 11.7 Å². The van der Waals surface area contributed by atoms with Crippen LogP contribution in [0.3, 0.4) is 0 Å². The van der Waals surface area contributed by atoms with E-state index in [1.165, 1.54) is 6.07 Å². The fraction of sp³-hybridized carbons (Fsp3) is 0.310. The molecule has 0 bridgehead atoms. The minimum atomic E-state index is -2.98. The Morgan fingerprint density at radius 3 is 2.14 bits per heavy atom. The van der Waals surface area contributed by atoms with Crippen molar-refractivity contribution in [3.63, 3.8) is 0 Å². The van der Waals surface area contributed by atoms with Gasteiger partial charge in [0.25, 0.3) is 0 Å². The van der Waals surface area contributed by atoms with Crippen molar-refractivity contribution >= 4 is 28.5 Å². The Bertz CT molecular complexity index is 1520. The molecule has 3 aromatic carbocycles. The van der Waals surface area contributed by atoms with E-state index in [1.54, 1.807) is 19.1 Å². The maximum absolute atomic E-state index is 14.5. The third-order valence-corrected chi connectivity index (χ3v) is 8.40. The summed E-state index contributed by atoms with van der Waals surface area (Å²) in [5.74, 6) is -14.2. The van der Waals surface area contributed by atoms with Crippen LogP contribution in [0.15, 0.2) is 47.4 Å². The lowest BCUT2D eigenvalue weighted by Crippen LogP contribution is -2.41. The number of benzene rings is 3. The highest BCUT2D eigenvalue weighted by Crippen LogP contribution is 2.30. The lowest BCUT2D eigenvalue weighted by molar-refractivity contribution is -0.118. The molecule has 0 aliphatic carbocycles. The average Bonchev–Trinajstić information content (AvgIpc) is 3.53. The SMILES string of the molecule is CCCN(CC(=O)N(Cc1ccc(C2CCOC2)cc1)c1ccc(C(=O)O)c(O)c1)S(=O)c1c(F)c(F)c(F)c(F)c1F. The van der Waals surface area contributed by atoms with Gasteiger partial charge in [-0.05, 0) is 36.1 Å². The Morgan fingerprint density at radius 1 is 0.977 bits per heavy atom. The van der Waals surface area contributed by atoms with Crippen LogP contribution in [0.5, 0.6) is 5.75 Å². The highest BCUT2D eigenvalue weighted by atomic mass is 32.2. The van der Waals surface area contributed by atoms with E-state index in [0.29, 0.717) is 18.8 Å². The molecular formula is C29H27F5N2O6S. The van der Waals surface area contributed by atoms with E-state index in [0.717, 1.165) is 33.3 Å². The maximum Gasteiger partial charge on any atom is 0.339 e. The minimum Gasteiger partial charge on any atom is -0.507 e. The zero-order valence-electron chi connectivity index (χ0n) is 22.8. The van der Waals surface area contributed by atoms with Crippen molar-refractivity contribution in [1.82, 2.24) is 4.31 Å². The van der Waals surface area contributed by atoms with Crippen LogP contribution in [0, 0.1) is 29.1 Å². The number of hydrogen-bond donors (Lipinski definition) is 2. The second-order valence-corrected chi connectivity index (χ2v) is 11.2. The fourth-order valence-electron chi connectivity index (χ4n) is 4.64. The molecule has 1 heterocycles. The fourth-order valence-corrected chi connectivity index (χ4v) is 5.96. The van der Waals surface area contributed by atoms with Crippen molar-refractivity contribution in [3.05, 3.63) is 88.2 Å². The van der Waals surface area contributed by atoms with Gasteiger partial charge in [-0.3, -0.25) is 4.79 Å². The molecule has 8 nitrogen and oxygen atoms in total. The summed E-state index contributed by atoms with van der Waals surface area (Å²) in [6.07, 6.45) is 1.04. The van der Waals surface area contributed by atoms with E-state index in [2.05, 4.69) is 0 Å². The minimum absolute atomic E-state index is 0.0410. The number of carbonyl (C=O) groups excluding carboxylic acids is 1. The summed E-state index contributed by atoms with van der Waals surface area (Å²) in [4.78, 5) is 24.6. The lowest BCUT2D eigenvalue weighted by Gasteiger charge is -2.27. The zero-order valence-corrected chi connectivity index (χ0v) is 23.6. The second kappa shape index (κ2) is 13.6. The van der Waals surface area contributed by atoms with Crippen molar-refractivity contribution in [1.29, 1.82) is 0 Å². The summed E-state index contributed by atoms with van der Waals surface area (Å²) in [5.41, 5.74) is 1.24. The van der Waals surface area contributed by atoms with E-state index in [4.69, 9.17) is 4.74 Å². The van der Waals surface area contributed by atoms with Crippen LogP contribution in [0.4, 0.5) is 27.6 Å². The molecule has 230 valence electrons. The van der Waals surface area contributed by atoms with E-state index in [1.807, 2.05) is 12.1 Å². The summed E-state index contributed by atoms with van der Waals surface area (Å²) in [7, 11) is -2.98. The highest BCUT2D eigenvalue weighted by molar-refractivity contribution is 7.82. The molecule has 0 saturated carbocycles. The van der Waals surface area contributed by atoms with Gasteiger partial charge >= 0.3 is 5.97 Å². The molecule has 2 atom stereocenters. The number of carbonyl (C=O) groups is 2. The van der Waals surface area contributed by atoms with Gasteiger partial charge in [-0.2, -0.15) is 0 Å². The molecule has 1 aliphatic heterocycles. The number of nitrogens with zero attached hydrogens (tertiary/aromatic N) is 2. The number of carboxylic acid groups (broad SMARTS) is 1. The molecule has 2 unspecified atom stereocenters. The number of carboxylic acids is 1. The molecule has 3 aromatic rings. The van der Waals surface area contributed by atoms with E-state index < -0.39 is 74.7 Å². The van der Waals surface area contributed by atoms with Gasteiger partial charge in [-0.25, -0.2) is 35.3 Å². The average molecular weight is 627 g/mol. The molecule has 2 N–H and O–H groups in total. The van der Waals surface area contributed by atoms with Crippen molar-refractivity contribution in [2.75, 3.05) is 31.2 Å². The Kier molecular flexibility index (Phi) is 10.1. The van der Waals surface area contributed by atoms with Crippen LogP contribution in [0.1, 0.15) is 47.2 Å². The number of halogens is 5. The van der Waals surface area contributed by atoms with Gasteiger partial charge in [0, 0.05) is 30.8 Å². The number of anilines is 1. The number of ether oxygens (including phenoxy) is 1. The smallest absolute Gasteiger partial charge is 0.339 e. The zero-order chi connectivity index (χ0) is 31.4. The summed E-state index contributed by atoms with van der Waals surface area (Å²) in [6.45, 7) is 1.66. The van der Waals surface area contributed by atoms with Crippen molar-refractivity contribution in [2.45, 2.75) is 37.1 Å². The largest absolute Gasteiger partial charge is 0.507 e. The van der Waals surface area contributed by atoms with E-state index >= 15 is 0 Å². The van der Waals surface area contributed by atoms with Gasteiger partial charge in [-0.15, -0.1) is 0 Å². The Labute approximate surface area is 245 Å². The molecule has 1 amide bonds. The number of aromatic hydroxyl groups is 1. The standard InChI is InChI=1S/C29H27F5N2O6S/c1-2-10-35(43(41)28-26(33)24(31)23(30)25(32)27(28)34)14-22(38)36(19-7-8-20(29(39)40)21(37)12-19)13-16-3-5-17(6-4-16)18-9-11-42-15-18/h3-8,12,18,37H,2,9-11,13-15H2,1H3,(H,39,40). The topological polar surface area (TPSA) is 107 Å². The van der Waals surface area contributed by atoms with Crippen LogP contribution in [0.2, 0.25) is 0 Å². The summed E-state index contributed by atoms with van der Waals surface area (Å²) in [5, 5.41) is 19.6. The normalized spacial score (nSPS) is 15.6. The maximum atomic E-state index is 14.5. The molecule has 1 fully saturated rings. The monoisotopic (exact) mass is 626 g/mol. The number of phenols is 1. The molecule has 4 rings (SSSR count). The second-order valence-electron chi connectivity index (χ2n) is 9.80. The van der Waals surface area contributed by atoms with Crippen LogP contribution in [-0.2, 0) is 27.1 Å². The summed E-state index contributed by atoms with van der Waals surface area (Å²) >= 11 is 0. The lowest BCUT2D eigenvalue weighted by atomic mass is 9.97. The predicted molar refractivity (Wildman–Crippen MR) is 145 cm³/mol. The van der Waals surface area contributed by atoms with Crippen LogP contribution >= 0.6 is 0 Å².